The third kappa shape index (κ3) is 2.10. The lowest BCUT2D eigenvalue weighted by Gasteiger charge is -2.30. The fourth-order valence-corrected chi connectivity index (χ4v) is 3.63. The minimum Gasteiger partial charge on any atom is -0.366 e. The van der Waals surface area contributed by atoms with E-state index in [2.05, 4.69) is 15.2 Å². The average molecular weight is 269 g/mol. The molecule has 2 aliphatic heterocycles. The predicted molar refractivity (Wildman–Crippen MR) is 78.7 cm³/mol. The Morgan fingerprint density at radius 3 is 3.05 bits per heavy atom. The molecule has 3 atom stereocenters. The normalized spacial score (nSPS) is 28.7. The van der Waals surface area contributed by atoms with Gasteiger partial charge in [0, 0.05) is 37.1 Å². The monoisotopic (exact) mass is 269 g/mol. The van der Waals surface area contributed by atoms with Gasteiger partial charge in [-0.2, -0.15) is 0 Å². The molecule has 1 amide bonds. The SMILES string of the molecule is O=C(N[C@@H]1C[C@H]2CCN(C2)C1)c1ccc2c[nH]cc2c1. The van der Waals surface area contributed by atoms with E-state index in [4.69, 9.17) is 0 Å². The zero-order valence-corrected chi connectivity index (χ0v) is 11.4. The predicted octanol–water partition coefficient (Wildman–Crippen LogP) is 1.99. The Morgan fingerprint density at radius 1 is 1.25 bits per heavy atom. The topological polar surface area (TPSA) is 48.1 Å². The van der Waals surface area contributed by atoms with Crippen LogP contribution in [0.2, 0.25) is 0 Å². The summed E-state index contributed by atoms with van der Waals surface area (Å²) in [5.74, 6) is 0.835. The van der Waals surface area contributed by atoms with Crippen LogP contribution >= 0.6 is 0 Å². The Hall–Kier alpha value is -1.81. The van der Waals surface area contributed by atoms with Gasteiger partial charge in [-0.15, -0.1) is 0 Å². The number of carbonyl (C=O) groups is 1. The third-order valence-electron chi connectivity index (χ3n) is 4.63. The van der Waals surface area contributed by atoms with Gasteiger partial charge < -0.3 is 15.2 Å². The van der Waals surface area contributed by atoms with Gasteiger partial charge in [-0.1, -0.05) is 6.07 Å². The number of nitrogens with zero attached hydrogens (tertiary/aromatic N) is 1. The van der Waals surface area contributed by atoms with Crippen molar-refractivity contribution in [3.8, 4) is 0 Å². The lowest BCUT2D eigenvalue weighted by atomic mass is 9.96. The van der Waals surface area contributed by atoms with E-state index in [1.165, 1.54) is 19.5 Å². The molecule has 2 aromatic rings. The van der Waals surface area contributed by atoms with Gasteiger partial charge in [-0.3, -0.25) is 4.79 Å². The van der Waals surface area contributed by atoms with Gasteiger partial charge in [0.15, 0.2) is 0 Å². The van der Waals surface area contributed by atoms with E-state index in [9.17, 15) is 4.79 Å². The van der Waals surface area contributed by atoms with E-state index in [1.807, 2.05) is 30.6 Å². The zero-order valence-electron chi connectivity index (χ0n) is 11.4. The lowest BCUT2D eigenvalue weighted by Crippen LogP contribution is -2.47. The maximum absolute atomic E-state index is 12.4. The number of amides is 1. The van der Waals surface area contributed by atoms with Crippen LogP contribution in [0.1, 0.15) is 23.2 Å². The number of fused-ring (bicyclic) bond motifs is 3. The molecule has 1 aromatic heterocycles. The maximum Gasteiger partial charge on any atom is 0.251 e. The minimum absolute atomic E-state index is 0.0561. The minimum atomic E-state index is 0.0561. The molecule has 2 bridgehead atoms. The van der Waals surface area contributed by atoms with Crippen LogP contribution in [-0.4, -0.2) is 41.5 Å². The van der Waals surface area contributed by atoms with Crippen LogP contribution in [0.4, 0.5) is 0 Å². The molecule has 3 heterocycles. The van der Waals surface area contributed by atoms with Crippen molar-refractivity contribution in [3.63, 3.8) is 0 Å². The number of aromatic nitrogens is 1. The zero-order chi connectivity index (χ0) is 13.5. The van der Waals surface area contributed by atoms with E-state index in [1.54, 1.807) is 0 Å². The van der Waals surface area contributed by atoms with E-state index < -0.39 is 0 Å². The summed E-state index contributed by atoms with van der Waals surface area (Å²) in [5.41, 5.74) is 0.755. The molecule has 0 spiro atoms. The number of nitrogens with one attached hydrogen (secondary N) is 2. The van der Waals surface area contributed by atoms with Gasteiger partial charge >= 0.3 is 0 Å². The first kappa shape index (κ1) is 12.0. The molecule has 4 nitrogen and oxygen atoms in total. The van der Waals surface area contributed by atoms with Crippen molar-refractivity contribution >= 4 is 16.7 Å². The molecule has 1 unspecified atom stereocenters. The van der Waals surface area contributed by atoms with Gasteiger partial charge in [0.25, 0.3) is 5.91 Å². The second-order valence-corrected chi connectivity index (χ2v) is 6.12. The number of carbonyl (C=O) groups excluding carboxylic acids is 1. The molecule has 0 saturated carbocycles. The van der Waals surface area contributed by atoms with Crippen molar-refractivity contribution in [1.29, 1.82) is 0 Å². The van der Waals surface area contributed by atoms with Gasteiger partial charge in [-0.25, -0.2) is 0 Å². The summed E-state index contributed by atoms with van der Waals surface area (Å²) in [6, 6.07) is 6.17. The number of aromatic amines is 1. The molecule has 104 valence electrons. The molecule has 2 fully saturated rings. The number of H-pyrrole nitrogens is 1. The Bertz CT molecular complexity index is 636. The summed E-state index contributed by atoms with van der Waals surface area (Å²) in [4.78, 5) is 17.9. The first-order chi connectivity index (χ1) is 9.78. The van der Waals surface area contributed by atoms with Gasteiger partial charge in [0.05, 0.1) is 0 Å². The highest BCUT2D eigenvalue weighted by atomic mass is 16.1. The average Bonchev–Trinajstić information content (AvgIpc) is 3.04. The molecule has 1 aromatic carbocycles. The molecule has 2 N–H and O–H groups in total. The lowest BCUT2D eigenvalue weighted by molar-refractivity contribution is 0.0909. The Kier molecular flexibility index (Phi) is 2.77. The van der Waals surface area contributed by atoms with Crippen LogP contribution < -0.4 is 5.32 Å². The van der Waals surface area contributed by atoms with Gasteiger partial charge in [-0.05, 0) is 48.2 Å². The highest BCUT2D eigenvalue weighted by molar-refractivity contribution is 5.98. The summed E-state index contributed by atoms with van der Waals surface area (Å²) in [6.45, 7) is 3.43. The quantitative estimate of drug-likeness (QED) is 0.876. The second-order valence-electron chi connectivity index (χ2n) is 6.12. The highest BCUT2D eigenvalue weighted by Gasteiger charge is 2.32. The third-order valence-corrected chi connectivity index (χ3v) is 4.63. The van der Waals surface area contributed by atoms with Crippen molar-refractivity contribution in [2.24, 2.45) is 5.92 Å². The summed E-state index contributed by atoms with van der Waals surface area (Å²) >= 11 is 0. The van der Waals surface area contributed by atoms with Crippen LogP contribution in [-0.2, 0) is 0 Å². The number of hydrogen-bond donors (Lipinski definition) is 2. The van der Waals surface area contributed by atoms with Crippen LogP contribution in [0.25, 0.3) is 10.8 Å². The van der Waals surface area contributed by atoms with Gasteiger partial charge in [0.2, 0.25) is 0 Å². The van der Waals surface area contributed by atoms with Crippen molar-refractivity contribution in [1.82, 2.24) is 15.2 Å². The summed E-state index contributed by atoms with van der Waals surface area (Å²) in [6.07, 6.45) is 6.30. The first-order valence-electron chi connectivity index (χ1n) is 7.38. The molecule has 0 aliphatic carbocycles. The van der Waals surface area contributed by atoms with Crippen molar-refractivity contribution in [2.45, 2.75) is 18.9 Å². The Morgan fingerprint density at radius 2 is 2.15 bits per heavy atom. The first-order valence-corrected chi connectivity index (χ1v) is 7.38. The van der Waals surface area contributed by atoms with Crippen molar-refractivity contribution < 1.29 is 4.79 Å². The largest absolute Gasteiger partial charge is 0.366 e. The Labute approximate surface area is 118 Å². The van der Waals surface area contributed by atoms with Crippen molar-refractivity contribution in [2.75, 3.05) is 19.6 Å². The summed E-state index contributed by atoms with van der Waals surface area (Å²) in [7, 11) is 0. The molecule has 2 saturated heterocycles. The second kappa shape index (κ2) is 4.63. The molecular weight excluding hydrogens is 250 g/mol. The van der Waals surface area contributed by atoms with Crippen molar-refractivity contribution in [3.05, 3.63) is 36.2 Å². The van der Waals surface area contributed by atoms with Crippen LogP contribution in [0.3, 0.4) is 0 Å². The fourth-order valence-electron chi connectivity index (χ4n) is 3.63. The molecule has 2 aliphatic rings. The number of benzene rings is 1. The Balaban J connectivity index is 1.49. The number of rotatable bonds is 2. The summed E-state index contributed by atoms with van der Waals surface area (Å²) < 4.78 is 0. The summed E-state index contributed by atoms with van der Waals surface area (Å²) in [5, 5.41) is 5.43. The molecule has 4 heteroatoms. The number of hydrogen-bond acceptors (Lipinski definition) is 2. The smallest absolute Gasteiger partial charge is 0.251 e. The van der Waals surface area contributed by atoms with E-state index in [0.717, 1.165) is 35.2 Å². The van der Waals surface area contributed by atoms with Crippen LogP contribution in [0.5, 0.6) is 0 Å². The van der Waals surface area contributed by atoms with Crippen LogP contribution in [0, 0.1) is 5.92 Å². The molecule has 0 radical (unpaired) electrons. The molecular formula is C16H19N3O. The van der Waals surface area contributed by atoms with E-state index in [-0.39, 0.29) is 5.91 Å². The standard InChI is InChI=1S/C16H19N3O/c20-16(12-1-2-13-7-17-8-14(13)6-12)18-15-5-11-3-4-19(9-11)10-15/h1-2,6-8,11,15,17H,3-5,9-10H2,(H,18,20)/t11-,15-/m1/s1. The molecule has 4 rings (SSSR count). The van der Waals surface area contributed by atoms with E-state index >= 15 is 0 Å². The maximum atomic E-state index is 12.4. The highest BCUT2D eigenvalue weighted by Crippen LogP contribution is 2.27. The van der Waals surface area contributed by atoms with Crippen LogP contribution in [0.15, 0.2) is 30.6 Å². The number of piperidine rings is 1. The molecule has 20 heavy (non-hydrogen) atoms. The van der Waals surface area contributed by atoms with E-state index in [0.29, 0.717) is 6.04 Å². The van der Waals surface area contributed by atoms with Gasteiger partial charge in [0.1, 0.15) is 0 Å². The fraction of sp³-hybridized carbons (Fsp3) is 0.438.